The van der Waals surface area contributed by atoms with Crippen LogP contribution in [0.3, 0.4) is 0 Å². The highest BCUT2D eigenvalue weighted by Crippen LogP contribution is 2.27. The van der Waals surface area contributed by atoms with E-state index in [2.05, 4.69) is 15.9 Å². The summed E-state index contributed by atoms with van der Waals surface area (Å²) in [6.07, 6.45) is 0.629. The van der Waals surface area contributed by atoms with Gasteiger partial charge in [0.2, 0.25) is 0 Å². The van der Waals surface area contributed by atoms with Crippen molar-refractivity contribution in [1.29, 1.82) is 0 Å². The first-order chi connectivity index (χ1) is 9.11. The highest BCUT2D eigenvalue weighted by Gasteiger charge is 2.14. The quantitative estimate of drug-likeness (QED) is 0.868. The Hall–Kier alpha value is -0.900. The average Bonchev–Trinajstić information content (AvgIpc) is 2.40. The predicted molar refractivity (Wildman–Crippen MR) is 81.1 cm³/mol. The molecule has 0 radical (unpaired) electrons. The van der Waals surface area contributed by atoms with Crippen LogP contribution in [0, 0.1) is 5.82 Å². The fraction of sp³-hybridized carbons (Fsp3) is 0.200. The fourth-order valence-electron chi connectivity index (χ4n) is 2.07. The molecule has 1 nitrogen and oxygen atoms in total. The maximum absolute atomic E-state index is 13.4. The Morgan fingerprint density at radius 2 is 1.95 bits per heavy atom. The van der Waals surface area contributed by atoms with Crippen LogP contribution < -0.4 is 5.73 Å². The molecule has 4 heteroatoms. The standard InChI is InChI=1S/C15H14BrClFN/c16-13-5-1-3-10(8-13)12(9-19)7-11-4-2-6-14(18)15(11)17/h1-6,8,12H,7,9,19H2. The smallest absolute Gasteiger partial charge is 0.142 e. The maximum atomic E-state index is 13.4. The largest absolute Gasteiger partial charge is 0.330 e. The molecule has 0 heterocycles. The lowest BCUT2D eigenvalue weighted by Gasteiger charge is -2.16. The van der Waals surface area contributed by atoms with Crippen LogP contribution in [0.5, 0.6) is 0 Å². The molecule has 19 heavy (non-hydrogen) atoms. The van der Waals surface area contributed by atoms with Gasteiger partial charge in [-0.25, -0.2) is 4.39 Å². The van der Waals surface area contributed by atoms with Crippen LogP contribution in [-0.2, 0) is 6.42 Å². The second-order valence-electron chi connectivity index (χ2n) is 4.40. The molecule has 0 aromatic heterocycles. The molecule has 0 aliphatic heterocycles. The first-order valence-electron chi connectivity index (χ1n) is 6.00. The summed E-state index contributed by atoms with van der Waals surface area (Å²) >= 11 is 9.43. The highest BCUT2D eigenvalue weighted by molar-refractivity contribution is 9.10. The Morgan fingerprint density at radius 3 is 2.63 bits per heavy atom. The Kier molecular flexibility index (Phi) is 4.97. The predicted octanol–water partition coefficient (Wildman–Crippen LogP) is 4.53. The minimum atomic E-state index is -0.385. The van der Waals surface area contributed by atoms with Crippen molar-refractivity contribution >= 4 is 27.5 Å². The molecule has 0 aliphatic rings. The van der Waals surface area contributed by atoms with Gasteiger partial charge in [-0.15, -0.1) is 0 Å². The molecule has 0 amide bonds. The zero-order valence-corrected chi connectivity index (χ0v) is 12.6. The van der Waals surface area contributed by atoms with Crippen molar-refractivity contribution in [2.24, 2.45) is 5.73 Å². The number of hydrogen-bond acceptors (Lipinski definition) is 1. The van der Waals surface area contributed by atoms with Gasteiger partial charge in [-0.2, -0.15) is 0 Å². The van der Waals surface area contributed by atoms with Crippen molar-refractivity contribution < 1.29 is 4.39 Å². The summed E-state index contributed by atoms with van der Waals surface area (Å²) in [4.78, 5) is 0. The topological polar surface area (TPSA) is 26.0 Å². The molecule has 0 saturated carbocycles. The van der Waals surface area contributed by atoms with Crippen molar-refractivity contribution in [3.05, 3.63) is 68.9 Å². The van der Waals surface area contributed by atoms with Crippen molar-refractivity contribution in [3.8, 4) is 0 Å². The molecule has 0 spiro atoms. The Balaban J connectivity index is 2.26. The summed E-state index contributed by atoms with van der Waals surface area (Å²) in [5.74, 6) is -0.263. The molecule has 0 saturated heterocycles. The van der Waals surface area contributed by atoms with Gasteiger partial charge < -0.3 is 5.73 Å². The monoisotopic (exact) mass is 341 g/mol. The minimum absolute atomic E-state index is 0.122. The van der Waals surface area contributed by atoms with Gasteiger partial charge in [-0.3, -0.25) is 0 Å². The van der Waals surface area contributed by atoms with Crippen LogP contribution in [0.4, 0.5) is 4.39 Å². The van der Waals surface area contributed by atoms with Gasteiger partial charge in [0.15, 0.2) is 0 Å². The lowest BCUT2D eigenvalue weighted by molar-refractivity contribution is 0.621. The zero-order chi connectivity index (χ0) is 13.8. The summed E-state index contributed by atoms with van der Waals surface area (Å²) in [6.45, 7) is 0.489. The number of benzene rings is 2. The van der Waals surface area contributed by atoms with Gasteiger partial charge in [0.25, 0.3) is 0 Å². The van der Waals surface area contributed by atoms with Crippen molar-refractivity contribution in [2.75, 3.05) is 6.54 Å². The SMILES string of the molecule is NCC(Cc1cccc(F)c1Cl)c1cccc(Br)c1. The summed E-state index contributed by atoms with van der Waals surface area (Å²) in [5.41, 5.74) is 7.75. The summed E-state index contributed by atoms with van der Waals surface area (Å²) in [5, 5.41) is 0.191. The molecular weight excluding hydrogens is 329 g/mol. The van der Waals surface area contributed by atoms with E-state index in [1.165, 1.54) is 6.07 Å². The van der Waals surface area contributed by atoms with E-state index in [0.717, 1.165) is 15.6 Å². The molecule has 1 unspecified atom stereocenters. The second-order valence-corrected chi connectivity index (χ2v) is 5.70. The van der Waals surface area contributed by atoms with Crippen LogP contribution in [0.25, 0.3) is 0 Å². The molecule has 0 bridgehead atoms. The maximum Gasteiger partial charge on any atom is 0.142 e. The van der Waals surface area contributed by atoms with E-state index < -0.39 is 0 Å². The fourth-order valence-corrected chi connectivity index (χ4v) is 2.69. The minimum Gasteiger partial charge on any atom is -0.330 e. The molecule has 100 valence electrons. The van der Waals surface area contributed by atoms with Gasteiger partial charge in [-0.05, 0) is 42.3 Å². The van der Waals surface area contributed by atoms with E-state index in [-0.39, 0.29) is 16.8 Å². The van der Waals surface area contributed by atoms with Gasteiger partial charge in [0, 0.05) is 10.4 Å². The highest BCUT2D eigenvalue weighted by atomic mass is 79.9. The van der Waals surface area contributed by atoms with E-state index >= 15 is 0 Å². The summed E-state index contributed by atoms with van der Waals surface area (Å²) in [7, 11) is 0. The van der Waals surface area contributed by atoms with Crippen molar-refractivity contribution in [3.63, 3.8) is 0 Å². The number of hydrogen-bond donors (Lipinski definition) is 1. The Morgan fingerprint density at radius 1 is 1.21 bits per heavy atom. The normalized spacial score (nSPS) is 12.4. The summed E-state index contributed by atoms with van der Waals surface area (Å²) < 4.78 is 14.4. The van der Waals surface area contributed by atoms with Crippen LogP contribution >= 0.6 is 27.5 Å². The van der Waals surface area contributed by atoms with E-state index in [1.54, 1.807) is 6.07 Å². The first-order valence-corrected chi connectivity index (χ1v) is 7.17. The van der Waals surface area contributed by atoms with Crippen LogP contribution in [0.15, 0.2) is 46.9 Å². The molecule has 1 atom stereocenters. The second kappa shape index (κ2) is 6.51. The molecular formula is C15H14BrClFN. The third-order valence-electron chi connectivity index (χ3n) is 3.10. The van der Waals surface area contributed by atoms with Gasteiger partial charge in [0.1, 0.15) is 5.82 Å². The van der Waals surface area contributed by atoms with Gasteiger partial charge in [0.05, 0.1) is 5.02 Å². The van der Waals surface area contributed by atoms with Gasteiger partial charge in [-0.1, -0.05) is 51.8 Å². The van der Waals surface area contributed by atoms with E-state index in [0.29, 0.717) is 13.0 Å². The lowest BCUT2D eigenvalue weighted by Crippen LogP contribution is -2.15. The number of rotatable bonds is 4. The first kappa shape index (κ1) is 14.5. The Labute approximate surface area is 125 Å². The van der Waals surface area contributed by atoms with Crippen molar-refractivity contribution in [1.82, 2.24) is 0 Å². The van der Waals surface area contributed by atoms with Gasteiger partial charge >= 0.3 is 0 Å². The lowest BCUT2D eigenvalue weighted by atomic mass is 9.92. The molecule has 0 fully saturated rings. The molecule has 2 aromatic rings. The average molecular weight is 343 g/mol. The molecule has 0 aliphatic carbocycles. The molecule has 2 rings (SSSR count). The van der Waals surface area contributed by atoms with E-state index in [1.807, 2.05) is 30.3 Å². The third-order valence-corrected chi connectivity index (χ3v) is 4.02. The van der Waals surface area contributed by atoms with Crippen LogP contribution in [0.1, 0.15) is 17.0 Å². The van der Waals surface area contributed by atoms with Crippen LogP contribution in [0.2, 0.25) is 5.02 Å². The number of halogens is 3. The molecule has 2 N–H and O–H groups in total. The number of nitrogens with two attached hydrogens (primary N) is 1. The molecule has 2 aromatic carbocycles. The zero-order valence-electron chi connectivity index (χ0n) is 10.2. The van der Waals surface area contributed by atoms with Crippen molar-refractivity contribution in [2.45, 2.75) is 12.3 Å². The van der Waals surface area contributed by atoms with E-state index in [9.17, 15) is 4.39 Å². The Bertz CT molecular complexity index is 574. The van der Waals surface area contributed by atoms with E-state index in [4.69, 9.17) is 17.3 Å². The summed E-state index contributed by atoms with van der Waals surface area (Å²) in [6, 6.07) is 12.9. The van der Waals surface area contributed by atoms with Crippen LogP contribution in [-0.4, -0.2) is 6.54 Å². The third kappa shape index (κ3) is 3.56.